The van der Waals surface area contributed by atoms with E-state index in [1.54, 1.807) is 12.4 Å². The smallest absolute Gasteiger partial charge is 0.328 e. The van der Waals surface area contributed by atoms with E-state index in [1.165, 1.54) is 4.90 Å². The highest BCUT2D eigenvalue weighted by molar-refractivity contribution is 5.82. The third-order valence-electron chi connectivity index (χ3n) is 2.64. The summed E-state index contributed by atoms with van der Waals surface area (Å²) in [4.78, 5) is 30.9. The molecule has 1 aromatic heterocycles. The molecule has 2 amide bonds. The lowest BCUT2D eigenvalue weighted by atomic mass is 10.2. The zero-order valence-electron chi connectivity index (χ0n) is 9.63. The first-order valence-electron chi connectivity index (χ1n) is 5.52. The van der Waals surface area contributed by atoms with Gasteiger partial charge in [-0.25, -0.2) is 14.6 Å². The Morgan fingerprint density at radius 3 is 3.17 bits per heavy atom. The lowest BCUT2D eigenvalue weighted by Crippen LogP contribution is -2.55. The molecule has 0 spiro atoms. The standard InChI is InChI=1S/C10H14N4O4/c15-9(16)7-6-18-4-3-14(7)10(17)13-5-8-11-1-2-12-8/h1-2,7H,3-6H2,(H,11,12)(H,13,17)(H,15,16). The van der Waals surface area contributed by atoms with Gasteiger partial charge in [-0.05, 0) is 0 Å². The summed E-state index contributed by atoms with van der Waals surface area (Å²) in [6.07, 6.45) is 3.23. The van der Waals surface area contributed by atoms with E-state index in [-0.39, 0.29) is 19.7 Å². The fraction of sp³-hybridized carbons (Fsp3) is 0.500. The number of carboxylic acids is 1. The summed E-state index contributed by atoms with van der Waals surface area (Å²) < 4.78 is 5.05. The van der Waals surface area contributed by atoms with Crippen molar-refractivity contribution >= 4 is 12.0 Å². The fourth-order valence-corrected chi connectivity index (χ4v) is 1.71. The van der Waals surface area contributed by atoms with E-state index in [4.69, 9.17) is 9.84 Å². The Labute approximate surface area is 103 Å². The molecule has 1 aliphatic rings. The van der Waals surface area contributed by atoms with Gasteiger partial charge in [0.15, 0.2) is 6.04 Å². The van der Waals surface area contributed by atoms with Gasteiger partial charge >= 0.3 is 12.0 Å². The first kappa shape index (κ1) is 12.4. The summed E-state index contributed by atoms with van der Waals surface area (Å²) in [6.45, 7) is 0.859. The number of aromatic nitrogens is 2. The Balaban J connectivity index is 1.92. The van der Waals surface area contributed by atoms with Crippen molar-refractivity contribution in [1.82, 2.24) is 20.2 Å². The second-order valence-corrected chi connectivity index (χ2v) is 3.82. The molecule has 18 heavy (non-hydrogen) atoms. The molecule has 0 aliphatic carbocycles. The number of H-pyrrole nitrogens is 1. The number of rotatable bonds is 3. The molecule has 0 aromatic carbocycles. The van der Waals surface area contributed by atoms with Crippen LogP contribution in [-0.2, 0) is 16.1 Å². The third-order valence-corrected chi connectivity index (χ3v) is 2.64. The van der Waals surface area contributed by atoms with Crippen molar-refractivity contribution in [3.8, 4) is 0 Å². The maximum atomic E-state index is 11.9. The summed E-state index contributed by atoms with van der Waals surface area (Å²) in [7, 11) is 0. The van der Waals surface area contributed by atoms with Gasteiger partial charge in [-0.2, -0.15) is 0 Å². The van der Waals surface area contributed by atoms with Crippen LogP contribution in [0, 0.1) is 0 Å². The van der Waals surface area contributed by atoms with Gasteiger partial charge in [-0.3, -0.25) is 0 Å². The second kappa shape index (κ2) is 5.50. The molecule has 1 atom stereocenters. The molecule has 8 heteroatoms. The second-order valence-electron chi connectivity index (χ2n) is 3.82. The van der Waals surface area contributed by atoms with E-state index < -0.39 is 18.0 Å². The highest BCUT2D eigenvalue weighted by Crippen LogP contribution is 2.07. The molecule has 2 heterocycles. The van der Waals surface area contributed by atoms with E-state index in [0.29, 0.717) is 12.4 Å². The van der Waals surface area contributed by atoms with Crippen molar-refractivity contribution in [3.05, 3.63) is 18.2 Å². The van der Waals surface area contributed by atoms with Crippen LogP contribution in [0.15, 0.2) is 12.4 Å². The molecule has 0 bridgehead atoms. The Morgan fingerprint density at radius 2 is 2.50 bits per heavy atom. The van der Waals surface area contributed by atoms with Gasteiger partial charge in [-0.15, -0.1) is 0 Å². The van der Waals surface area contributed by atoms with E-state index >= 15 is 0 Å². The number of carbonyl (C=O) groups excluding carboxylic acids is 1. The number of aromatic amines is 1. The monoisotopic (exact) mass is 254 g/mol. The van der Waals surface area contributed by atoms with E-state index in [2.05, 4.69) is 15.3 Å². The van der Waals surface area contributed by atoms with Crippen molar-refractivity contribution in [2.45, 2.75) is 12.6 Å². The average Bonchev–Trinajstić information content (AvgIpc) is 2.89. The van der Waals surface area contributed by atoms with Gasteiger partial charge in [0.1, 0.15) is 5.82 Å². The predicted octanol–water partition coefficient (Wildman–Crippen LogP) is -0.595. The molecular weight excluding hydrogens is 240 g/mol. The predicted molar refractivity (Wildman–Crippen MR) is 59.8 cm³/mol. The van der Waals surface area contributed by atoms with Crippen molar-refractivity contribution in [2.24, 2.45) is 0 Å². The van der Waals surface area contributed by atoms with Crippen LogP contribution in [0.4, 0.5) is 4.79 Å². The first-order valence-corrected chi connectivity index (χ1v) is 5.52. The number of amides is 2. The van der Waals surface area contributed by atoms with E-state index in [1.807, 2.05) is 0 Å². The Hall–Kier alpha value is -2.09. The lowest BCUT2D eigenvalue weighted by molar-refractivity contribution is -0.147. The van der Waals surface area contributed by atoms with Crippen LogP contribution in [0.25, 0.3) is 0 Å². The van der Waals surface area contributed by atoms with Crippen molar-refractivity contribution in [2.75, 3.05) is 19.8 Å². The van der Waals surface area contributed by atoms with Crippen molar-refractivity contribution in [1.29, 1.82) is 0 Å². The molecule has 1 aromatic rings. The molecule has 98 valence electrons. The van der Waals surface area contributed by atoms with Crippen LogP contribution in [0.2, 0.25) is 0 Å². The molecule has 1 saturated heterocycles. The maximum Gasteiger partial charge on any atom is 0.328 e. The minimum atomic E-state index is -1.07. The number of hydrogen-bond acceptors (Lipinski definition) is 4. The number of carbonyl (C=O) groups is 2. The van der Waals surface area contributed by atoms with Crippen LogP contribution in [0.3, 0.4) is 0 Å². The number of hydrogen-bond donors (Lipinski definition) is 3. The number of imidazole rings is 1. The third kappa shape index (κ3) is 2.77. The molecule has 1 fully saturated rings. The van der Waals surface area contributed by atoms with Crippen molar-refractivity contribution < 1.29 is 19.4 Å². The van der Waals surface area contributed by atoms with E-state index in [0.717, 1.165) is 0 Å². The molecule has 1 unspecified atom stereocenters. The topological polar surface area (TPSA) is 108 Å². The van der Waals surface area contributed by atoms with Gasteiger partial charge in [0.2, 0.25) is 0 Å². The maximum absolute atomic E-state index is 11.9. The van der Waals surface area contributed by atoms with Crippen LogP contribution >= 0.6 is 0 Å². The van der Waals surface area contributed by atoms with Crippen LogP contribution < -0.4 is 5.32 Å². The van der Waals surface area contributed by atoms with Crippen LogP contribution in [0.1, 0.15) is 5.82 Å². The molecule has 1 aliphatic heterocycles. The van der Waals surface area contributed by atoms with Gasteiger partial charge in [0.25, 0.3) is 0 Å². The highest BCUT2D eigenvalue weighted by atomic mass is 16.5. The molecule has 8 nitrogen and oxygen atoms in total. The number of aliphatic carboxylic acids is 1. The summed E-state index contributed by atoms with van der Waals surface area (Å²) in [5.74, 6) is -0.452. The van der Waals surface area contributed by atoms with Gasteiger partial charge in [-0.1, -0.05) is 0 Å². The SMILES string of the molecule is O=C(O)C1COCCN1C(=O)NCc1ncc[nH]1. The number of ether oxygens (including phenoxy) is 1. The molecule has 2 rings (SSSR count). The summed E-state index contributed by atoms with van der Waals surface area (Å²) in [5, 5.41) is 11.6. The Bertz CT molecular complexity index is 420. The van der Waals surface area contributed by atoms with Gasteiger partial charge in [0.05, 0.1) is 19.8 Å². The van der Waals surface area contributed by atoms with Crippen LogP contribution in [0.5, 0.6) is 0 Å². The number of nitrogens with zero attached hydrogens (tertiary/aromatic N) is 2. The zero-order chi connectivity index (χ0) is 13.0. The number of nitrogens with one attached hydrogen (secondary N) is 2. The van der Waals surface area contributed by atoms with E-state index in [9.17, 15) is 9.59 Å². The first-order chi connectivity index (χ1) is 8.68. The normalized spacial score (nSPS) is 19.6. The van der Waals surface area contributed by atoms with Crippen molar-refractivity contribution in [3.63, 3.8) is 0 Å². The minimum Gasteiger partial charge on any atom is -0.480 e. The largest absolute Gasteiger partial charge is 0.480 e. The number of carboxylic acid groups (broad SMARTS) is 1. The highest BCUT2D eigenvalue weighted by Gasteiger charge is 2.32. The molecule has 0 saturated carbocycles. The lowest BCUT2D eigenvalue weighted by Gasteiger charge is -2.32. The van der Waals surface area contributed by atoms with Gasteiger partial charge in [0, 0.05) is 18.9 Å². The average molecular weight is 254 g/mol. The summed E-state index contributed by atoms with van der Waals surface area (Å²) in [5.41, 5.74) is 0. The summed E-state index contributed by atoms with van der Waals surface area (Å²) >= 11 is 0. The minimum absolute atomic E-state index is 0.0174. The fourth-order valence-electron chi connectivity index (χ4n) is 1.71. The Kier molecular flexibility index (Phi) is 3.78. The Morgan fingerprint density at radius 1 is 1.67 bits per heavy atom. The summed E-state index contributed by atoms with van der Waals surface area (Å²) in [6, 6.07) is -1.36. The molecular formula is C10H14N4O4. The van der Waals surface area contributed by atoms with Crippen LogP contribution in [-0.4, -0.2) is 57.8 Å². The number of morpholine rings is 1. The quantitative estimate of drug-likeness (QED) is 0.668. The molecule has 3 N–H and O–H groups in total. The zero-order valence-corrected chi connectivity index (χ0v) is 9.63. The molecule has 0 radical (unpaired) electrons. The number of urea groups is 1. The van der Waals surface area contributed by atoms with Gasteiger partial charge < -0.3 is 25.0 Å².